The van der Waals surface area contributed by atoms with Crippen molar-refractivity contribution in [3.05, 3.63) is 46.5 Å². The second kappa shape index (κ2) is 4.13. The van der Waals surface area contributed by atoms with Crippen LogP contribution in [0.3, 0.4) is 0 Å². The first kappa shape index (κ1) is 10.3. The minimum absolute atomic E-state index is 0.406. The van der Waals surface area contributed by atoms with Crippen molar-refractivity contribution in [3.8, 4) is 0 Å². The van der Waals surface area contributed by atoms with Crippen LogP contribution in [0, 0.1) is 11.6 Å². The Labute approximate surface area is 88.6 Å². The Bertz CT molecular complexity index is 405. The summed E-state index contributed by atoms with van der Waals surface area (Å²) in [6, 6.07) is 2.43. The zero-order valence-electron chi connectivity index (χ0n) is 8.82. The molecule has 80 valence electrons. The van der Waals surface area contributed by atoms with E-state index in [-0.39, 0.29) is 0 Å². The molecular formula is C13H14F2. The molecule has 0 unspecified atom stereocenters. The predicted octanol–water partition coefficient (Wildman–Crippen LogP) is 3.79. The first-order chi connectivity index (χ1) is 7.20. The Balaban J connectivity index is 2.31. The number of hydrogen-bond acceptors (Lipinski definition) is 0. The molecule has 0 fully saturated rings. The molecular weight excluding hydrogens is 194 g/mol. The molecule has 1 aliphatic carbocycles. The van der Waals surface area contributed by atoms with Crippen LogP contribution in [0.25, 0.3) is 0 Å². The van der Waals surface area contributed by atoms with Crippen LogP contribution in [0.1, 0.15) is 30.9 Å². The fourth-order valence-electron chi connectivity index (χ4n) is 2.12. The molecule has 2 heteroatoms. The maximum atomic E-state index is 13.4. The Morgan fingerprint density at radius 2 is 2.07 bits per heavy atom. The van der Waals surface area contributed by atoms with Crippen LogP contribution in [0.4, 0.5) is 8.78 Å². The Morgan fingerprint density at radius 3 is 2.80 bits per heavy atom. The summed E-state index contributed by atoms with van der Waals surface area (Å²) in [6.07, 6.45) is 5.50. The van der Waals surface area contributed by atoms with Crippen molar-refractivity contribution in [1.29, 1.82) is 0 Å². The molecule has 2 rings (SSSR count). The summed E-state index contributed by atoms with van der Waals surface area (Å²) < 4.78 is 26.4. The standard InChI is InChI=1S/C13H14F2/c1-2-3-9-4-5-12-10(6-9)7-11(14)8-13(12)15/h4,7-8H,2-3,5-6H2,1H3. The van der Waals surface area contributed by atoms with Crippen molar-refractivity contribution < 1.29 is 8.78 Å². The van der Waals surface area contributed by atoms with Gasteiger partial charge in [-0.2, -0.15) is 0 Å². The fourth-order valence-corrected chi connectivity index (χ4v) is 2.12. The number of fused-ring (bicyclic) bond motifs is 1. The molecule has 0 aliphatic heterocycles. The summed E-state index contributed by atoms with van der Waals surface area (Å²) >= 11 is 0. The van der Waals surface area contributed by atoms with E-state index in [0.717, 1.165) is 24.5 Å². The lowest BCUT2D eigenvalue weighted by molar-refractivity contribution is 0.569. The smallest absolute Gasteiger partial charge is 0.129 e. The van der Waals surface area contributed by atoms with Crippen molar-refractivity contribution >= 4 is 0 Å². The second-order valence-electron chi connectivity index (χ2n) is 4.02. The minimum atomic E-state index is -0.469. The number of benzene rings is 1. The highest BCUT2D eigenvalue weighted by Gasteiger charge is 2.15. The van der Waals surface area contributed by atoms with Gasteiger partial charge >= 0.3 is 0 Å². The van der Waals surface area contributed by atoms with Crippen molar-refractivity contribution in [2.45, 2.75) is 32.6 Å². The van der Waals surface area contributed by atoms with Crippen LogP contribution in [0.15, 0.2) is 23.8 Å². The van der Waals surface area contributed by atoms with Crippen LogP contribution in [-0.2, 0) is 12.8 Å². The number of halogens is 2. The van der Waals surface area contributed by atoms with E-state index < -0.39 is 11.6 Å². The lowest BCUT2D eigenvalue weighted by atomic mass is 9.89. The van der Waals surface area contributed by atoms with Gasteiger partial charge in [-0.1, -0.05) is 25.0 Å². The quantitative estimate of drug-likeness (QED) is 0.649. The first-order valence-corrected chi connectivity index (χ1v) is 5.35. The largest absolute Gasteiger partial charge is 0.207 e. The van der Waals surface area contributed by atoms with Gasteiger partial charge in [0.1, 0.15) is 11.6 Å². The van der Waals surface area contributed by atoms with E-state index in [1.54, 1.807) is 0 Å². The van der Waals surface area contributed by atoms with Gasteiger partial charge in [0.25, 0.3) is 0 Å². The van der Waals surface area contributed by atoms with Crippen LogP contribution in [0.2, 0.25) is 0 Å². The van der Waals surface area contributed by atoms with Gasteiger partial charge in [-0.3, -0.25) is 0 Å². The molecule has 0 N–H and O–H groups in total. The van der Waals surface area contributed by atoms with E-state index in [4.69, 9.17) is 0 Å². The molecule has 0 heterocycles. The molecule has 0 spiro atoms. The fraction of sp³-hybridized carbons (Fsp3) is 0.385. The average Bonchev–Trinajstić information content (AvgIpc) is 2.17. The molecule has 1 aliphatic rings. The monoisotopic (exact) mass is 208 g/mol. The third kappa shape index (κ3) is 2.09. The lowest BCUT2D eigenvalue weighted by Gasteiger charge is -2.17. The molecule has 0 amide bonds. The molecule has 0 radical (unpaired) electrons. The Morgan fingerprint density at radius 1 is 1.27 bits per heavy atom. The van der Waals surface area contributed by atoms with Gasteiger partial charge in [0, 0.05) is 6.07 Å². The zero-order valence-corrected chi connectivity index (χ0v) is 8.82. The van der Waals surface area contributed by atoms with Gasteiger partial charge < -0.3 is 0 Å². The van der Waals surface area contributed by atoms with Crippen molar-refractivity contribution in [2.75, 3.05) is 0 Å². The summed E-state index contributed by atoms with van der Waals surface area (Å²) in [6.45, 7) is 2.11. The highest BCUT2D eigenvalue weighted by Crippen LogP contribution is 2.26. The topological polar surface area (TPSA) is 0 Å². The van der Waals surface area contributed by atoms with Crippen LogP contribution in [-0.4, -0.2) is 0 Å². The van der Waals surface area contributed by atoms with E-state index in [0.29, 0.717) is 18.4 Å². The SMILES string of the molecule is CCCC1=CCc2c(F)cc(F)cc2C1. The third-order valence-corrected chi connectivity index (χ3v) is 2.84. The van der Waals surface area contributed by atoms with Crippen LogP contribution >= 0.6 is 0 Å². The van der Waals surface area contributed by atoms with Crippen LogP contribution in [0.5, 0.6) is 0 Å². The van der Waals surface area contributed by atoms with Crippen LogP contribution < -0.4 is 0 Å². The maximum Gasteiger partial charge on any atom is 0.129 e. The molecule has 0 atom stereocenters. The van der Waals surface area contributed by atoms with Gasteiger partial charge in [0.2, 0.25) is 0 Å². The molecule has 0 nitrogen and oxygen atoms in total. The predicted molar refractivity (Wildman–Crippen MR) is 56.8 cm³/mol. The normalized spacial score (nSPS) is 14.7. The highest BCUT2D eigenvalue weighted by molar-refractivity contribution is 5.38. The summed E-state index contributed by atoms with van der Waals surface area (Å²) in [5, 5.41) is 0. The van der Waals surface area contributed by atoms with Gasteiger partial charge in [0.05, 0.1) is 0 Å². The number of allylic oxidation sites excluding steroid dienone is 2. The summed E-state index contributed by atoms with van der Waals surface area (Å²) in [7, 11) is 0. The number of hydrogen-bond donors (Lipinski definition) is 0. The molecule has 15 heavy (non-hydrogen) atoms. The van der Waals surface area contributed by atoms with E-state index in [9.17, 15) is 8.78 Å². The molecule has 0 saturated heterocycles. The second-order valence-corrected chi connectivity index (χ2v) is 4.02. The van der Waals surface area contributed by atoms with Crippen molar-refractivity contribution in [2.24, 2.45) is 0 Å². The van der Waals surface area contributed by atoms with E-state index >= 15 is 0 Å². The summed E-state index contributed by atoms with van der Waals surface area (Å²) in [5.41, 5.74) is 2.78. The lowest BCUT2D eigenvalue weighted by Crippen LogP contribution is -2.06. The average molecular weight is 208 g/mol. The van der Waals surface area contributed by atoms with Crippen molar-refractivity contribution in [1.82, 2.24) is 0 Å². The van der Waals surface area contributed by atoms with Gasteiger partial charge in [-0.05, 0) is 36.5 Å². The minimum Gasteiger partial charge on any atom is -0.207 e. The molecule has 0 aromatic heterocycles. The molecule has 0 saturated carbocycles. The summed E-state index contributed by atoms with van der Waals surface area (Å²) in [4.78, 5) is 0. The molecule has 0 bridgehead atoms. The zero-order chi connectivity index (χ0) is 10.8. The first-order valence-electron chi connectivity index (χ1n) is 5.35. The molecule has 1 aromatic carbocycles. The molecule has 1 aromatic rings. The van der Waals surface area contributed by atoms with Gasteiger partial charge in [-0.25, -0.2) is 8.78 Å². The van der Waals surface area contributed by atoms with Crippen molar-refractivity contribution in [3.63, 3.8) is 0 Å². The van der Waals surface area contributed by atoms with Gasteiger partial charge in [0.15, 0.2) is 0 Å². The summed E-state index contributed by atoms with van der Waals surface area (Å²) in [5.74, 6) is -0.874. The number of rotatable bonds is 2. The van der Waals surface area contributed by atoms with E-state index in [1.807, 2.05) is 0 Å². The Kier molecular flexibility index (Phi) is 2.85. The van der Waals surface area contributed by atoms with E-state index in [2.05, 4.69) is 13.0 Å². The highest BCUT2D eigenvalue weighted by atomic mass is 19.1. The maximum absolute atomic E-state index is 13.4. The third-order valence-electron chi connectivity index (χ3n) is 2.84. The van der Waals surface area contributed by atoms with Gasteiger partial charge in [-0.15, -0.1) is 0 Å². The Hall–Kier alpha value is -1.18. The van der Waals surface area contributed by atoms with E-state index in [1.165, 1.54) is 11.6 Å².